The second-order valence-corrected chi connectivity index (χ2v) is 7.87. The number of nitrogens with zero attached hydrogens (tertiary/aromatic N) is 1. The van der Waals surface area contributed by atoms with Crippen molar-refractivity contribution < 1.29 is 29.3 Å². The van der Waals surface area contributed by atoms with Crippen LogP contribution in [-0.2, 0) is 16.0 Å². The van der Waals surface area contributed by atoms with Gasteiger partial charge in [-0.15, -0.1) is 11.3 Å². The van der Waals surface area contributed by atoms with E-state index in [0.29, 0.717) is 20.6 Å². The number of aromatic carboxylic acids is 1. The maximum Gasteiger partial charge on any atom is 0.349 e. The molecule has 2 heterocycles. The highest BCUT2D eigenvalue weighted by atomic mass is 79.9. The predicted octanol–water partition coefficient (Wildman–Crippen LogP) is 3.92. The molecule has 30 heavy (non-hydrogen) atoms. The van der Waals surface area contributed by atoms with Crippen LogP contribution in [0.1, 0.15) is 15.2 Å². The van der Waals surface area contributed by atoms with Gasteiger partial charge < -0.3 is 20.3 Å². The van der Waals surface area contributed by atoms with E-state index in [9.17, 15) is 19.5 Å². The van der Waals surface area contributed by atoms with Crippen molar-refractivity contribution in [3.8, 4) is 16.2 Å². The summed E-state index contributed by atoms with van der Waals surface area (Å²) >= 11 is 4.26. The first-order valence-corrected chi connectivity index (χ1v) is 10.2. The Morgan fingerprint density at radius 1 is 1.13 bits per heavy atom. The van der Waals surface area contributed by atoms with Gasteiger partial charge in [-0.3, -0.25) is 9.78 Å². The number of ether oxygens (including phenoxy) is 1. The van der Waals surface area contributed by atoms with E-state index in [4.69, 9.17) is 9.84 Å². The lowest BCUT2D eigenvalue weighted by Crippen LogP contribution is -2.14. The molecule has 3 rings (SSSR count). The largest absolute Gasteiger partial charge is 0.479 e. The average molecular weight is 491 g/mol. The number of carbonyl (C=O) groups is 3. The second-order valence-electron chi connectivity index (χ2n) is 6.05. The van der Waals surface area contributed by atoms with Crippen molar-refractivity contribution >= 4 is 50.8 Å². The molecule has 0 spiro atoms. The lowest BCUT2D eigenvalue weighted by atomic mass is 10.1. The van der Waals surface area contributed by atoms with E-state index in [1.165, 1.54) is 0 Å². The van der Waals surface area contributed by atoms with Crippen molar-refractivity contribution in [1.82, 2.24) is 4.98 Å². The van der Waals surface area contributed by atoms with E-state index < -0.39 is 18.5 Å². The smallest absolute Gasteiger partial charge is 0.349 e. The molecule has 3 aromatic rings. The number of hydrogen-bond acceptors (Lipinski definition) is 6. The number of halogens is 1. The molecule has 0 bridgehead atoms. The van der Waals surface area contributed by atoms with Crippen LogP contribution in [0.5, 0.6) is 5.75 Å². The number of hydrogen-bond donors (Lipinski definition) is 3. The summed E-state index contributed by atoms with van der Waals surface area (Å²) in [4.78, 5) is 39.0. The zero-order chi connectivity index (χ0) is 21.7. The van der Waals surface area contributed by atoms with Gasteiger partial charge in [-0.1, -0.05) is 12.1 Å². The second kappa shape index (κ2) is 9.51. The Bertz CT molecular complexity index is 1100. The van der Waals surface area contributed by atoms with Crippen molar-refractivity contribution in [2.45, 2.75) is 6.42 Å². The summed E-state index contributed by atoms with van der Waals surface area (Å²) in [6, 6.07) is 10.4. The molecular formula is C20H15BrN2O6S. The van der Waals surface area contributed by atoms with Crippen molar-refractivity contribution in [2.75, 3.05) is 11.9 Å². The molecule has 8 nitrogen and oxygen atoms in total. The van der Waals surface area contributed by atoms with Gasteiger partial charge in [-0.05, 0) is 51.3 Å². The van der Waals surface area contributed by atoms with Crippen molar-refractivity contribution in [3.05, 3.63) is 63.7 Å². The highest BCUT2D eigenvalue weighted by molar-refractivity contribution is 9.10. The van der Waals surface area contributed by atoms with Gasteiger partial charge in [0.25, 0.3) is 0 Å². The number of aliphatic carboxylic acids is 1. The molecule has 10 heteroatoms. The lowest BCUT2D eigenvalue weighted by Gasteiger charge is -2.08. The third-order valence-corrected chi connectivity index (χ3v) is 6.09. The topological polar surface area (TPSA) is 126 Å². The van der Waals surface area contributed by atoms with Crippen LogP contribution in [0, 0.1) is 0 Å². The number of aromatic nitrogens is 1. The van der Waals surface area contributed by atoms with Crippen LogP contribution in [0.15, 0.2) is 53.3 Å². The molecule has 0 atom stereocenters. The number of benzene rings is 1. The SMILES string of the molecule is O=C(O)COc1c(C(=O)O)sc(-c2cccc(NC(=O)Cc3ccncc3)c2)c1Br. The van der Waals surface area contributed by atoms with Gasteiger partial charge in [0, 0.05) is 18.1 Å². The molecule has 154 valence electrons. The van der Waals surface area contributed by atoms with Gasteiger partial charge in [0.05, 0.1) is 15.8 Å². The number of carbonyl (C=O) groups excluding carboxylic acids is 1. The highest BCUT2D eigenvalue weighted by Crippen LogP contribution is 2.46. The van der Waals surface area contributed by atoms with Crippen molar-refractivity contribution in [1.29, 1.82) is 0 Å². The van der Waals surface area contributed by atoms with Crippen molar-refractivity contribution in [2.24, 2.45) is 0 Å². The summed E-state index contributed by atoms with van der Waals surface area (Å²) in [5, 5.41) is 21.1. The van der Waals surface area contributed by atoms with E-state index in [0.717, 1.165) is 16.9 Å². The minimum absolute atomic E-state index is 0.0444. The van der Waals surface area contributed by atoms with Gasteiger partial charge in [0.15, 0.2) is 17.2 Å². The third-order valence-electron chi connectivity index (χ3n) is 3.87. The van der Waals surface area contributed by atoms with Gasteiger partial charge in [0.1, 0.15) is 0 Å². The van der Waals surface area contributed by atoms with Crippen LogP contribution in [0.4, 0.5) is 5.69 Å². The lowest BCUT2D eigenvalue weighted by molar-refractivity contribution is -0.139. The van der Waals surface area contributed by atoms with E-state index in [1.54, 1.807) is 48.8 Å². The van der Waals surface area contributed by atoms with Crippen LogP contribution in [0.25, 0.3) is 10.4 Å². The quantitative estimate of drug-likeness (QED) is 0.436. The van der Waals surface area contributed by atoms with Gasteiger partial charge in [-0.25, -0.2) is 9.59 Å². The number of pyridine rings is 1. The average Bonchev–Trinajstić information content (AvgIpc) is 3.04. The summed E-state index contributed by atoms with van der Waals surface area (Å²) in [5.41, 5.74) is 2.00. The molecule has 2 aromatic heterocycles. The fourth-order valence-electron chi connectivity index (χ4n) is 2.61. The molecule has 1 aromatic carbocycles. The molecule has 0 saturated heterocycles. The van der Waals surface area contributed by atoms with Crippen LogP contribution in [0.3, 0.4) is 0 Å². The number of anilines is 1. The Labute approximate surface area is 183 Å². The standard InChI is InChI=1S/C20H15BrN2O6S/c21-16-17(29-10-15(25)26)19(20(27)28)30-18(16)12-2-1-3-13(9-12)23-14(24)8-11-4-6-22-7-5-11/h1-7,9H,8,10H2,(H,23,24)(H,25,26)(H,27,28). The molecule has 0 saturated carbocycles. The zero-order valence-electron chi connectivity index (χ0n) is 15.3. The van der Waals surface area contributed by atoms with Gasteiger partial charge in [-0.2, -0.15) is 0 Å². The number of thiophene rings is 1. The fraction of sp³-hybridized carbons (Fsp3) is 0.100. The van der Waals surface area contributed by atoms with Gasteiger partial charge >= 0.3 is 11.9 Å². The minimum atomic E-state index is -1.23. The molecule has 0 fully saturated rings. The van der Waals surface area contributed by atoms with Crippen LogP contribution < -0.4 is 10.1 Å². The van der Waals surface area contributed by atoms with E-state index in [2.05, 4.69) is 26.2 Å². The maximum atomic E-state index is 12.3. The Balaban J connectivity index is 1.84. The van der Waals surface area contributed by atoms with Crippen LogP contribution in [-0.4, -0.2) is 39.6 Å². The molecule has 0 radical (unpaired) electrons. The number of rotatable bonds is 8. The predicted molar refractivity (Wildman–Crippen MR) is 114 cm³/mol. The monoisotopic (exact) mass is 490 g/mol. The van der Waals surface area contributed by atoms with E-state index in [-0.39, 0.29) is 23.0 Å². The number of carboxylic acid groups (broad SMARTS) is 2. The van der Waals surface area contributed by atoms with E-state index >= 15 is 0 Å². The number of amides is 1. The molecule has 0 aliphatic carbocycles. The Kier molecular flexibility index (Phi) is 6.80. The summed E-state index contributed by atoms with van der Waals surface area (Å²) in [6.45, 7) is -0.667. The minimum Gasteiger partial charge on any atom is -0.479 e. The third kappa shape index (κ3) is 5.22. The summed E-state index contributed by atoms with van der Waals surface area (Å²) in [7, 11) is 0. The molecule has 3 N–H and O–H groups in total. The zero-order valence-corrected chi connectivity index (χ0v) is 17.7. The Morgan fingerprint density at radius 2 is 1.87 bits per heavy atom. The first kappa shape index (κ1) is 21.5. The van der Waals surface area contributed by atoms with Gasteiger partial charge in [0.2, 0.25) is 5.91 Å². The fourth-order valence-corrected chi connectivity index (χ4v) is 4.50. The highest BCUT2D eigenvalue weighted by Gasteiger charge is 2.24. The van der Waals surface area contributed by atoms with Crippen LogP contribution in [0.2, 0.25) is 0 Å². The molecule has 1 amide bonds. The first-order valence-electron chi connectivity index (χ1n) is 8.54. The normalized spacial score (nSPS) is 10.4. The Morgan fingerprint density at radius 3 is 2.53 bits per heavy atom. The molecule has 0 aliphatic heterocycles. The van der Waals surface area contributed by atoms with E-state index in [1.807, 2.05) is 0 Å². The van der Waals surface area contributed by atoms with Crippen LogP contribution >= 0.6 is 27.3 Å². The van der Waals surface area contributed by atoms with Crippen molar-refractivity contribution in [3.63, 3.8) is 0 Å². The molecular weight excluding hydrogens is 476 g/mol. The molecule has 0 aliphatic rings. The number of carboxylic acids is 2. The Hall–Kier alpha value is -3.24. The first-order chi connectivity index (χ1) is 14.3. The number of nitrogens with one attached hydrogen (secondary N) is 1. The molecule has 0 unspecified atom stereocenters. The maximum absolute atomic E-state index is 12.3. The summed E-state index contributed by atoms with van der Waals surface area (Å²) in [5.74, 6) is -2.70. The summed E-state index contributed by atoms with van der Waals surface area (Å²) in [6.07, 6.45) is 3.41. The summed E-state index contributed by atoms with van der Waals surface area (Å²) < 4.78 is 5.50.